The Morgan fingerprint density at radius 3 is 2.42 bits per heavy atom. The van der Waals surface area contributed by atoms with Crippen LogP contribution in [0.25, 0.3) is 0 Å². The molecule has 0 radical (unpaired) electrons. The molecule has 1 aromatic carbocycles. The Bertz CT molecular complexity index is 486. The second-order valence-electron chi connectivity index (χ2n) is 4.90. The number of non-ortho nitro benzene ring substituents is 1. The lowest BCUT2D eigenvalue weighted by Gasteiger charge is -2.18. The van der Waals surface area contributed by atoms with Crippen molar-refractivity contribution in [2.24, 2.45) is 4.99 Å². The first kappa shape index (κ1) is 14.8. The average molecular weight is 264 g/mol. The predicted octanol–water partition coefficient (Wildman–Crippen LogP) is 2.36. The molecular formula is C13H16N2O4. The second kappa shape index (κ2) is 6.08. The molecule has 0 aliphatic rings. The van der Waals surface area contributed by atoms with Gasteiger partial charge in [-0.05, 0) is 38.5 Å². The molecule has 0 heterocycles. The molecule has 0 unspecified atom stereocenters. The molecule has 0 aliphatic heterocycles. The highest BCUT2D eigenvalue weighted by Gasteiger charge is 2.15. The molecule has 0 atom stereocenters. The fraction of sp³-hybridized carbons (Fsp3) is 0.385. The first-order chi connectivity index (χ1) is 8.78. The van der Waals surface area contributed by atoms with Crippen LogP contribution in [-0.2, 0) is 9.53 Å². The van der Waals surface area contributed by atoms with Gasteiger partial charge < -0.3 is 4.74 Å². The van der Waals surface area contributed by atoms with Gasteiger partial charge in [-0.1, -0.05) is 0 Å². The van der Waals surface area contributed by atoms with Gasteiger partial charge in [0.1, 0.15) is 12.1 Å². The number of carbonyl (C=O) groups excluding carboxylic acids is 1. The highest BCUT2D eigenvalue weighted by atomic mass is 16.6. The molecule has 6 nitrogen and oxygen atoms in total. The Balaban J connectivity index is 2.53. The Kier molecular flexibility index (Phi) is 4.74. The van der Waals surface area contributed by atoms with E-state index < -0.39 is 16.5 Å². The molecule has 0 fully saturated rings. The molecule has 0 bridgehead atoms. The summed E-state index contributed by atoms with van der Waals surface area (Å²) in [6.07, 6.45) is 1.48. The van der Waals surface area contributed by atoms with E-state index in [0.717, 1.165) is 0 Å². The van der Waals surface area contributed by atoms with Gasteiger partial charge in [-0.25, -0.2) is 0 Å². The lowest BCUT2D eigenvalue weighted by atomic mass is 10.2. The molecule has 1 aromatic rings. The van der Waals surface area contributed by atoms with Crippen LogP contribution in [0.4, 0.5) is 5.69 Å². The third-order valence-electron chi connectivity index (χ3n) is 1.98. The highest BCUT2D eigenvalue weighted by molar-refractivity contribution is 5.82. The average Bonchev–Trinajstić information content (AvgIpc) is 2.27. The zero-order valence-corrected chi connectivity index (χ0v) is 11.1. The van der Waals surface area contributed by atoms with Crippen LogP contribution in [-0.4, -0.2) is 29.3 Å². The number of hydrogen-bond donors (Lipinski definition) is 0. The maximum Gasteiger partial charge on any atom is 0.328 e. The minimum absolute atomic E-state index is 0.0179. The van der Waals surface area contributed by atoms with Gasteiger partial charge in [0.25, 0.3) is 5.69 Å². The lowest BCUT2D eigenvalue weighted by Crippen LogP contribution is -2.25. The van der Waals surface area contributed by atoms with Crippen molar-refractivity contribution in [2.45, 2.75) is 26.4 Å². The number of rotatable bonds is 4. The Morgan fingerprint density at radius 2 is 1.95 bits per heavy atom. The van der Waals surface area contributed by atoms with Crippen molar-refractivity contribution in [2.75, 3.05) is 6.54 Å². The number of nitro groups is 1. The normalized spacial score (nSPS) is 11.5. The molecule has 0 aromatic heterocycles. The SMILES string of the molecule is CC(C)(C)OC(=O)CN=Cc1ccc([N+](=O)[O-])cc1. The van der Waals surface area contributed by atoms with Crippen LogP contribution in [0.1, 0.15) is 26.3 Å². The van der Waals surface area contributed by atoms with E-state index in [1.165, 1.54) is 18.3 Å². The molecule has 19 heavy (non-hydrogen) atoms. The molecule has 0 spiro atoms. The molecule has 0 saturated carbocycles. The maximum atomic E-state index is 11.4. The van der Waals surface area contributed by atoms with Gasteiger partial charge in [0.15, 0.2) is 0 Å². The fourth-order valence-electron chi connectivity index (χ4n) is 1.28. The Labute approximate surface area is 111 Å². The molecule has 0 N–H and O–H groups in total. The second-order valence-corrected chi connectivity index (χ2v) is 4.90. The van der Waals surface area contributed by atoms with Gasteiger partial charge in [-0.3, -0.25) is 19.9 Å². The summed E-state index contributed by atoms with van der Waals surface area (Å²) < 4.78 is 5.08. The van der Waals surface area contributed by atoms with Crippen LogP contribution in [0, 0.1) is 10.1 Å². The number of benzene rings is 1. The smallest absolute Gasteiger partial charge is 0.328 e. The first-order valence-electron chi connectivity index (χ1n) is 5.74. The van der Waals surface area contributed by atoms with Gasteiger partial charge in [0.05, 0.1) is 4.92 Å². The largest absolute Gasteiger partial charge is 0.459 e. The molecule has 0 amide bonds. The van der Waals surface area contributed by atoms with Crippen LogP contribution < -0.4 is 0 Å². The molecule has 1 rings (SSSR count). The number of carbonyl (C=O) groups is 1. The number of nitrogens with zero attached hydrogens (tertiary/aromatic N) is 2. The molecule has 102 valence electrons. The summed E-state index contributed by atoms with van der Waals surface area (Å²) in [5.74, 6) is -0.411. The van der Waals surface area contributed by atoms with Gasteiger partial charge >= 0.3 is 5.97 Å². The van der Waals surface area contributed by atoms with Crippen molar-refractivity contribution < 1.29 is 14.5 Å². The van der Waals surface area contributed by atoms with Gasteiger partial charge in [-0.15, -0.1) is 0 Å². The first-order valence-corrected chi connectivity index (χ1v) is 5.74. The summed E-state index contributed by atoms with van der Waals surface area (Å²) in [5, 5.41) is 10.5. The summed E-state index contributed by atoms with van der Waals surface area (Å²) in [4.78, 5) is 25.3. The molecule has 0 saturated heterocycles. The number of aliphatic imine (C=N–C) groups is 1. The molecule has 0 aliphatic carbocycles. The van der Waals surface area contributed by atoms with E-state index in [2.05, 4.69) is 4.99 Å². The lowest BCUT2D eigenvalue weighted by molar-refractivity contribution is -0.384. The van der Waals surface area contributed by atoms with Crippen LogP contribution >= 0.6 is 0 Å². The van der Waals surface area contributed by atoms with Crippen molar-refractivity contribution in [1.82, 2.24) is 0 Å². The van der Waals surface area contributed by atoms with E-state index >= 15 is 0 Å². The number of esters is 1. The van der Waals surface area contributed by atoms with Gasteiger partial charge in [0.2, 0.25) is 0 Å². The fourth-order valence-corrected chi connectivity index (χ4v) is 1.28. The topological polar surface area (TPSA) is 81.8 Å². The van der Waals surface area contributed by atoms with E-state index in [4.69, 9.17) is 4.74 Å². The van der Waals surface area contributed by atoms with E-state index in [9.17, 15) is 14.9 Å². The summed E-state index contributed by atoms with van der Waals surface area (Å²) in [6.45, 7) is 5.27. The Morgan fingerprint density at radius 1 is 1.37 bits per heavy atom. The summed E-state index contributed by atoms with van der Waals surface area (Å²) in [6, 6.07) is 5.90. The maximum absolute atomic E-state index is 11.4. The van der Waals surface area contributed by atoms with Crippen LogP contribution in [0.15, 0.2) is 29.3 Å². The number of ether oxygens (including phenoxy) is 1. The van der Waals surface area contributed by atoms with Crippen molar-refractivity contribution in [3.05, 3.63) is 39.9 Å². The van der Waals surface area contributed by atoms with Crippen molar-refractivity contribution in [3.63, 3.8) is 0 Å². The summed E-state index contributed by atoms with van der Waals surface area (Å²) in [5.41, 5.74) is 0.179. The molecular weight excluding hydrogens is 248 g/mol. The zero-order valence-electron chi connectivity index (χ0n) is 11.1. The predicted molar refractivity (Wildman–Crippen MR) is 71.4 cm³/mol. The van der Waals surface area contributed by atoms with Crippen molar-refractivity contribution in [3.8, 4) is 0 Å². The van der Waals surface area contributed by atoms with Crippen LogP contribution in [0.3, 0.4) is 0 Å². The third-order valence-corrected chi connectivity index (χ3v) is 1.98. The number of nitro benzene ring substituents is 1. The monoisotopic (exact) mass is 264 g/mol. The van der Waals surface area contributed by atoms with E-state index in [0.29, 0.717) is 5.56 Å². The van der Waals surface area contributed by atoms with Gasteiger partial charge in [-0.2, -0.15) is 0 Å². The van der Waals surface area contributed by atoms with E-state index in [1.807, 2.05) is 0 Å². The van der Waals surface area contributed by atoms with Crippen molar-refractivity contribution in [1.29, 1.82) is 0 Å². The Hall–Kier alpha value is -2.24. The number of hydrogen-bond acceptors (Lipinski definition) is 5. The minimum atomic E-state index is -0.528. The van der Waals surface area contributed by atoms with Crippen molar-refractivity contribution >= 4 is 17.9 Å². The van der Waals surface area contributed by atoms with E-state index in [-0.39, 0.29) is 12.2 Å². The quantitative estimate of drug-likeness (QED) is 0.362. The highest BCUT2D eigenvalue weighted by Crippen LogP contribution is 2.10. The van der Waals surface area contributed by atoms with E-state index in [1.54, 1.807) is 32.9 Å². The zero-order chi connectivity index (χ0) is 14.5. The molecule has 6 heteroatoms. The standard InChI is InChI=1S/C13H16N2O4/c1-13(2,3)19-12(16)9-14-8-10-4-6-11(7-5-10)15(17)18/h4-8H,9H2,1-3H3. The minimum Gasteiger partial charge on any atom is -0.459 e. The summed E-state index contributed by atoms with van der Waals surface area (Å²) in [7, 11) is 0. The van der Waals surface area contributed by atoms with Gasteiger partial charge in [0, 0.05) is 18.3 Å². The third kappa shape index (κ3) is 5.76. The van der Waals surface area contributed by atoms with Crippen LogP contribution in [0.5, 0.6) is 0 Å². The summed E-state index contributed by atoms with van der Waals surface area (Å²) >= 11 is 0. The van der Waals surface area contributed by atoms with Crippen LogP contribution in [0.2, 0.25) is 0 Å².